The van der Waals surface area contributed by atoms with Gasteiger partial charge in [-0.15, -0.1) is 0 Å². The minimum atomic E-state index is -2.99. The molecule has 3 rings (SSSR count). The van der Waals surface area contributed by atoms with Gasteiger partial charge in [0.25, 0.3) is 0 Å². The van der Waals surface area contributed by atoms with Crippen LogP contribution in [0.3, 0.4) is 0 Å². The zero-order valence-corrected chi connectivity index (χ0v) is 10.7. The van der Waals surface area contributed by atoms with Crippen LogP contribution in [-0.2, 0) is 14.7 Å². The van der Waals surface area contributed by atoms with Crippen molar-refractivity contribution in [2.24, 2.45) is 11.1 Å². The number of fused-ring (bicyclic) bond motifs is 1. The summed E-state index contributed by atoms with van der Waals surface area (Å²) in [6.45, 7) is 0. The number of oxime groups is 1. The third kappa shape index (κ3) is 1.86. The molecule has 5 nitrogen and oxygen atoms in total. The first-order valence-electron chi connectivity index (χ1n) is 5.67. The van der Waals surface area contributed by atoms with Gasteiger partial charge in [0, 0.05) is 5.56 Å². The molecule has 0 aliphatic carbocycles. The molecular weight excluding hydrogens is 254 g/mol. The van der Waals surface area contributed by atoms with Gasteiger partial charge in [-0.25, -0.2) is 8.42 Å². The molecule has 1 saturated heterocycles. The van der Waals surface area contributed by atoms with Gasteiger partial charge in [0.1, 0.15) is 5.75 Å². The highest BCUT2D eigenvalue weighted by Gasteiger charge is 2.46. The monoisotopic (exact) mass is 267 g/mol. The van der Waals surface area contributed by atoms with Crippen LogP contribution < -0.4 is 4.74 Å². The first kappa shape index (κ1) is 11.5. The quantitative estimate of drug-likeness (QED) is 0.796. The van der Waals surface area contributed by atoms with Crippen LogP contribution >= 0.6 is 0 Å². The fourth-order valence-corrected chi connectivity index (χ4v) is 4.24. The predicted molar refractivity (Wildman–Crippen MR) is 66.5 cm³/mol. The Kier molecular flexibility index (Phi) is 2.55. The average Bonchev–Trinajstić information content (AvgIpc) is 2.84. The smallest absolute Gasteiger partial charge is 0.154 e. The van der Waals surface area contributed by atoms with E-state index in [4.69, 9.17) is 9.57 Å². The molecule has 0 spiro atoms. The normalized spacial score (nSPS) is 28.4. The molecule has 2 heterocycles. The van der Waals surface area contributed by atoms with Crippen LogP contribution in [0.5, 0.6) is 5.75 Å². The number of benzene rings is 1. The average molecular weight is 267 g/mol. The highest BCUT2D eigenvalue weighted by molar-refractivity contribution is 7.91. The van der Waals surface area contributed by atoms with Gasteiger partial charge in [0.05, 0.1) is 30.2 Å². The van der Waals surface area contributed by atoms with Gasteiger partial charge in [-0.2, -0.15) is 0 Å². The van der Waals surface area contributed by atoms with Crippen LogP contribution in [0.15, 0.2) is 29.4 Å². The van der Waals surface area contributed by atoms with Crippen molar-refractivity contribution < 1.29 is 18.0 Å². The van der Waals surface area contributed by atoms with Gasteiger partial charge in [-0.05, 0) is 24.3 Å². The molecule has 0 N–H and O–H groups in total. The van der Waals surface area contributed by atoms with E-state index in [1.54, 1.807) is 7.11 Å². The van der Waals surface area contributed by atoms with Crippen molar-refractivity contribution in [3.8, 4) is 5.75 Å². The van der Waals surface area contributed by atoms with Gasteiger partial charge in [0.2, 0.25) is 0 Å². The Morgan fingerprint density at radius 1 is 1.28 bits per heavy atom. The maximum Gasteiger partial charge on any atom is 0.154 e. The maximum atomic E-state index is 11.6. The minimum absolute atomic E-state index is 0.0703. The van der Waals surface area contributed by atoms with Crippen molar-refractivity contribution in [2.45, 2.75) is 6.10 Å². The van der Waals surface area contributed by atoms with Gasteiger partial charge >= 0.3 is 0 Å². The van der Waals surface area contributed by atoms with Crippen LogP contribution in [-0.4, -0.2) is 38.8 Å². The molecule has 6 heteroatoms. The second-order valence-electron chi connectivity index (χ2n) is 4.53. The molecule has 2 aliphatic heterocycles. The van der Waals surface area contributed by atoms with E-state index >= 15 is 0 Å². The van der Waals surface area contributed by atoms with E-state index in [0.29, 0.717) is 0 Å². The predicted octanol–water partition coefficient (Wildman–Crippen LogP) is 0.843. The van der Waals surface area contributed by atoms with Gasteiger partial charge in [0.15, 0.2) is 15.9 Å². The van der Waals surface area contributed by atoms with Crippen molar-refractivity contribution in [2.75, 3.05) is 18.6 Å². The van der Waals surface area contributed by atoms with E-state index in [9.17, 15) is 8.42 Å². The molecule has 2 atom stereocenters. The summed E-state index contributed by atoms with van der Waals surface area (Å²) in [6.07, 6.45) is -0.313. The van der Waals surface area contributed by atoms with Gasteiger partial charge in [-0.1, -0.05) is 5.16 Å². The second kappa shape index (κ2) is 3.98. The standard InChI is InChI=1S/C12H13NO4S/c1-16-9-4-2-8(3-5-9)12-10-6-18(14,15)7-11(10)17-13-12/h2-5,10-11H,6-7H2,1H3/t10-,11+/m1/s1. The summed E-state index contributed by atoms with van der Waals surface area (Å²) in [5.74, 6) is 0.820. The lowest BCUT2D eigenvalue weighted by Crippen LogP contribution is -2.21. The third-order valence-corrected chi connectivity index (χ3v) is 5.03. The molecular formula is C12H13NO4S. The molecule has 0 amide bonds. The Morgan fingerprint density at radius 3 is 2.67 bits per heavy atom. The molecule has 1 aromatic rings. The van der Waals surface area contributed by atoms with Crippen molar-refractivity contribution in [3.63, 3.8) is 0 Å². The summed E-state index contributed by atoms with van der Waals surface area (Å²) in [4.78, 5) is 5.21. The largest absolute Gasteiger partial charge is 0.497 e. The minimum Gasteiger partial charge on any atom is -0.497 e. The summed E-state index contributed by atoms with van der Waals surface area (Å²) in [6, 6.07) is 7.39. The number of sulfone groups is 1. The van der Waals surface area contributed by atoms with Gasteiger partial charge < -0.3 is 9.57 Å². The lowest BCUT2D eigenvalue weighted by Gasteiger charge is -2.07. The van der Waals surface area contributed by atoms with Crippen molar-refractivity contribution >= 4 is 15.5 Å². The van der Waals surface area contributed by atoms with Crippen molar-refractivity contribution in [1.82, 2.24) is 0 Å². The zero-order chi connectivity index (χ0) is 12.8. The van der Waals surface area contributed by atoms with Gasteiger partial charge in [-0.3, -0.25) is 0 Å². The molecule has 1 fully saturated rings. The summed E-state index contributed by atoms with van der Waals surface area (Å²) in [7, 11) is -1.39. The van der Waals surface area contributed by atoms with Crippen molar-refractivity contribution in [3.05, 3.63) is 29.8 Å². The molecule has 0 aromatic heterocycles. The molecule has 0 saturated carbocycles. The lowest BCUT2D eigenvalue weighted by atomic mass is 9.95. The first-order chi connectivity index (χ1) is 8.59. The molecule has 18 heavy (non-hydrogen) atoms. The fourth-order valence-electron chi connectivity index (χ4n) is 2.40. The molecule has 1 aromatic carbocycles. The SMILES string of the molecule is COc1ccc(C2=NO[C@H]3CS(=O)(=O)C[C@@H]23)cc1. The summed E-state index contributed by atoms with van der Waals surface area (Å²) in [5.41, 5.74) is 1.61. The van der Waals surface area contributed by atoms with E-state index in [0.717, 1.165) is 17.0 Å². The van der Waals surface area contributed by atoms with E-state index in [2.05, 4.69) is 5.16 Å². The van der Waals surface area contributed by atoms with E-state index < -0.39 is 9.84 Å². The third-order valence-electron chi connectivity index (χ3n) is 3.32. The zero-order valence-electron chi connectivity index (χ0n) is 9.87. The summed E-state index contributed by atoms with van der Waals surface area (Å²) in [5, 5.41) is 4.02. The van der Waals surface area contributed by atoms with E-state index in [1.807, 2.05) is 24.3 Å². The highest BCUT2D eigenvalue weighted by atomic mass is 32.2. The van der Waals surface area contributed by atoms with Crippen LogP contribution in [0.1, 0.15) is 5.56 Å². The molecule has 96 valence electrons. The van der Waals surface area contributed by atoms with E-state index in [1.165, 1.54) is 0 Å². The maximum absolute atomic E-state index is 11.6. The summed E-state index contributed by atoms with van der Waals surface area (Å²) >= 11 is 0. The Bertz CT molecular complexity index is 591. The Hall–Kier alpha value is -1.56. The molecule has 0 unspecified atom stereocenters. The second-order valence-corrected chi connectivity index (χ2v) is 6.69. The number of ether oxygens (including phenoxy) is 1. The van der Waals surface area contributed by atoms with Crippen LogP contribution in [0.4, 0.5) is 0 Å². The van der Waals surface area contributed by atoms with Crippen LogP contribution in [0.2, 0.25) is 0 Å². The number of methoxy groups -OCH3 is 1. The Morgan fingerprint density at radius 2 is 2.00 bits per heavy atom. The number of rotatable bonds is 2. The molecule has 0 bridgehead atoms. The first-order valence-corrected chi connectivity index (χ1v) is 7.50. The number of hydrogen-bond acceptors (Lipinski definition) is 5. The molecule has 0 radical (unpaired) electrons. The highest BCUT2D eigenvalue weighted by Crippen LogP contribution is 2.31. The van der Waals surface area contributed by atoms with Crippen LogP contribution in [0, 0.1) is 5.92 Å². The number of nitrogens with zero attached hydrogens (tertiary/aromatic N) is 1. The summed E-state index contributed by atoms with van der Waals surface area (Å²) < 4.78 is 28.2. The van der Waals surface area contributed by atoms with Crippen LogP contribution in [0.25, 0.3) is 0 Å². The Balaban J connectivity index is 1.89. The number of hydrogen-bond donors (Lipinski definition) is 0. The lowest BCUT2D eigenvalue weighted by molar-refractivity contribution is 0.0882. The topological polar surface area (TPSA) is 65.0 Å². The van der Waals surface area contributed by atoms with Crippen molar-refractivity contribution in [1.29, 1.82) is 0 Å². The fraction of sp³-hybridized carbons (Fsp3) is 0.417. The Labute approximate surface area is 105 Å². The molecule has 2 aliphatic rings. The van der Waals surface area contributed by atoms with E-state index in [-0.39, 0.29) is 23.5 Å².